The fourth-order valence-electron chi connectivity index (χ4n) is 2.13. The number of nitrogens with zero attached hydrogens (tertiary/aromatic N) is 2. The van der Waals surface area contributed by atoms with Gasteiger partial charge in [0, 0.05) is 29.0 Å². The maximum atomic E-state index is 6.12. The summed E-state index contributed by atoms with van der Waals surface area (Å²) in [6.07, 6.45) is 0.914. The second-order valence-corrected chi connectivity index (χ2v) is 5.74. The van der Waals surface area contributed by atoms with Gasteiger partial charge in [0.15, 0.2) is 0 Å². The monoisotopic (exact) mass is 326 g/mol. The van der Waals surface area contributed by atoms with E-state index in [0.717, 1.165) is 16.6 Å². The summed E-state index contributed by atoms with van der Waals surface area (Å²) in [6.45, 7) is 2.01. The van der Waals surface area contributed by atoms with Crippen molar-refractivity contribution in [2.24, 2.45) is 7.05 Å². The molecule has 1 aromatic heterocycles. The maximum Gasteiger partial charge on any atom is 0.0596 e. The Morgan fingerprint density at radius 3 is 2.72 bits per heavy atom. The highest BCUT2D eigenvalue weighted by atomic mass is 79.9. The van der Waals surface area contributed by atoms with Gasteiger partial charge in [0.25, 0.3) is 0 Å². The van der Waals surface area contributed by atoms with Crippen molar-refractivity contribution in [2.75, 3.05) is 5.88 Å². The van der Waals surface area contributed by atoms with Gasteiger partial charge in [-0.25, -0.2) is 0 Å². The Bertz CT molecular complexity index is 536. The molecule has 0 aliphatic carbocycles. The Hall–Kier alpha value is -0.800. The SMILES string of the molecule is Cc1cc(CC(CCl)c2cccc(Br)c2)n(C)n1. The van der Waals surface area contributed by atoms with Gasteiger partial charge in [-0.15, -0.1) is 11.6 Å². The summed E-state index contributed by atoms with van der Waals surface area (Å²) in [4.78, 5) is 0. The Morgan fingerprint density at radius 1 is 1.39 bits per heavy atom. The van der Waals surface area contributed by atoms with E-state index in [-0.39, 0.29) is 0 Å². The molecule has 0 spiro atoms. The van der Waals surface area contributed by atoms with E-state index < -0.39 is 0 Å². The average Bonchev–Trinajstić information content (AvgIpc) is 2.64. The van der Waals surface area contributed by atoms with Crippen LogP contribution in [0.5, 0.6) is 0 Å². The molecule has 18 heavy (non-hydrogen) atoms. The minimum absolute atomic E-state index is 0.318. The molecule has 0 bridgehead atoms. The molecule has 0 amide bonds. The normalized spacial score (nSPS) is 12.7. The molecule has 2 aromatic rings. The summed E-state index contributed by atoms with van der Waals surface area (Å²) in [6, 6.07) is 10.5. The third-order valence-electron chi connectivity index (χ3n) is 3.06. The van der Waals surface area contributed by atoms with Crippen LogP contribution >= 0.6 is 27.5 Å². The van der Waals surface area contributed by atoms with Crippen molar-refractivity contribution >= 4 is 27.5 Å². The molecule has 1 aromatic carbocycles. The van der Waals surface area contributed by atoms with E-state index in [1.165, 1.54) is 11.3 Å². The minimum atomic E-state index is 0.318. The van der Waals surface area contributed by atoms with Gasteiger partial charge in [-0.1, -0.05) is 28.1 Å². The Kier molecular flexibility index (Phi) is 4.46. The molecule has 0 N–H and O–H groups in total. The van der Waals surface area contributed by atoms with Gasteiger partial charge in [0.05, 0.1) is 5.69 Å². The van der Waals surface area contributed by atoms with Crippen molar-refractivity contribution < 1.29 is 0 Å². The maximum absolute atomic E-state index is 6.12. The highest BCUT2D eigenvalue weighted by Crippen LogP contribution is 2.25. The third-order valence-corrected chi connectivity index (χ3v) is 3.93. The van der Waals surface area contributed by atoms with E-state index in [9.17, 15) is 0 Å². The summed E-state index contributed by atoms with van der Waals surface area (Å²) in [5.41, 5.74) is 3.53. The van der Waals surface area contributed by atoms with Crippen molar-refractivity contribution in [1.29, 1.82) is 0 Å². The number of hydrogen-bond acceptors (Lipinski definition) is 1. The minimum Gasteiger partial charge on any atom is -0.272 e. The lowest BCUT2D eigenvalue weighted by Crippen LogP contribution is -2.08. The van der Waals surface area contributed by atoms with E-state index >= 15 is 0 Å². The Morgan fingerprint density at radius 2 is 2.17 bits per heavy atom. The third kappa shape index (κ3) is 3.15. The molecule has 2 nitrogen and oxygen atoms in total. The molecule has 1 unspecified atom stereocenters. The van der Waals surface area contributed by atoms with Crippen LogP contribution in [0.2, 0.25) is 0 Å². The van der Waals surface area contributed by atoms with Gasteiger partial charge in [0.2, 0.25) is 0 Å². The van der Waals surface area contributed by atoms with E-state index in [4.69, 9.17) is 11.6 Å². The zero-order valence-corrected chi connectivity index (χ0v) is 12.9. The predicted octanol–water partition coefficient (Wildman–Crippen LogP) is 4.06. The van der Waals surface area contributed by atoms with Crippen molar-refractivity contribution in [2.45, 2.75) is 19.3 Å². The number of halogens is 2. The molecule has 0 radical (unpaired) electrons. The molecular weight excluding hydrogens is 312 g/mol. The van der Waals surface area contributed by atoms with E-state index in [2.05, 4.69) is 39.2 Å². The predicted molar refractivity (Wildman–Crippen MR) is 79.3 cm³/mol. The molecule has 0 aliphatic rings. The highest BCUT2D eigenvalue weighted by molar-refractivity contribution is 9.10. The first-order chi connectivity index (χ1) is 8.60. The molecule has 1 atom stereocenters. The van der Waals surface area contributed by atoms with E-state index in [1.807, 2.05) is 30.8 Å². The number of rotatable bonds is 4. The smallest absolute Gasteiger partial charge is 0.0596 e. The first-order valence-electron chi connectivity index (χ1n) is 5.91. The van der Waals surface area contributed by atoms with Crippen molar-refractivity contribution in [1.82, 2.24) is 9.78 Å². The topological polar surface area (TPSA) is 17.8 Å². The van der Waals surface area contributed by atoms with Crippen LogP contribution in [0.3, 0.4) is 0 Å². The summed E-state index contributed by atoms with van der Waals surface area (Å²) >= 11 is 9.62. The summed E-state index contributed by atoms with van der Waals surface area (Å²) in [7, 11) is 1.98. The van der Waals surface area contributed by atoms with Crippen molar-refractivity contribution in [3.8, 4) is 0 Å². The van der Waals surface area contributed by atoms with E-state index in [0.29, 0.717) is 11.8 Å². The van der Waals surface area contributed by atoms with Crippen LogP contribution in [-0.2, 0) is 13.5 Å². The average molecular weight is 328 g/mol. The lowest BCUT2D eigenvalue weighted by molar-refractivity contribution is 0.657. The zero-order chi connectivity index (χ0) is 13.1. The van der Waals surface area contributed by atoms with Crippen LogP contribution in [0.1, 0.15) is 22.9 Å². The summed E-state index contributed by atoms with van der Waals surface area (Å²) in [5, 5.41) is 4.37. The van der Waals surface area contributed by atoms with Crippen LogP contribution in [-0.4, -0.2) is 15.7 Å². The van der Waals surface area contributed by atoms with Gasteiger partial charge in [-0.05, 0) is 37.1 Å². The van der Waals surface area contributed by atoms with Crippen molar-refractivity contribution in [3.05, 3.63) is 51.8 Å². The first-order valence-corrected chi connectivity index (χ1v) is 7.24. The molecule has 0 saturated heterocycles. The Balaban J connectivity index is 2.22. The van der Waals surface area contributed by atoms with Gasteiger partial charge in [-0.3, -0.25) is 4.68 Å². The fraction of sp³-hybridized carbons (Fsp3) is 0.357. The largest absolute Gasteiger partial charge is 0.272 e. The molecule has 0 aliphatic heterocycles. The summed E-state index contributed by atoms with van der Waals surface area (Å²) in [5.74, 6) is 0.930. The number of alkyl halides is 1. The highest BCUT2D eigenvalue weighted by Gasteiger charge is 2.14. The standard InChI is InChI=1S/C14H16BrClN2/c1-10-6-14(18(2)17-10)8-12(9-16)11-4-3-5-13(15)7-11/h3-7,12H,8-9H2,1-2H3. The number of aryl methyl sites for hydroxylation is 2. The second kappa shape index (κ2) is 5.89. The number of aromatic nitrogens is 2. The summed E-state index contributed by atoms with van der Waals surface area (Å²) < 4.78 is 3.03. The molecule has 4 heteroatoms. The molecule has 96 valence electrons. The Labute approximate surface area is 121 Å². The van der Waals surface area contributed by atoms with Crippen LogP contribution < -0.4 is 0 Å². The van der Waals surface area contributed by atoms with Crippen LogP contribution in [0.15, 0.2) is 34.8 Å². The van der Waals surface area contributed by atoms with Crippen LogP contribution in [0, 0.1) is 6.92 Å². The molecular formula is C14H16BrClN2. The number of hydrogen-bond donors (Lipinski definition) is 0. The van der Waals surface area contributed by atoms with E-state index in [1.54, 1.807) is 0 Å². The number of benzene rings is 1. The van der Waals surface area contributed by atoms with Crippen LogP contribution in [0.25, 0.3) is 0 Å². The quantitative estimate of drug-likeness (QED) is 0.774. The fourth-order valence-corrected chi connectivity index (χ4v) is 2.83. The second-order valence-electron chi connectivity index (χ2n) is 4.51. The van der Waals surface area contributed by atoms with Crippen LogP contribution in [0.4, 0.5) is 0 Å². The first kappa shape index (κ1) is 13.6. The lowest BCUT2D eigenvalue weighted by Gasteiger charge is -2.14. The molecule has 0 saturated carbocycles. The van der Waals surface area contributed by atoms with Gasteiger partial charge >= 0.3 is 0 Å². The van der Waals surface area contributed by atoms with Gasteiger partial charge < -0.3 is 0 Å². The van der Waals surface area contributed by atoms with Crippen molar-refractivity contribution in [3.63, 3.8) is 0 Å². The lowest BCUT2D eigenvalue weighted by atomic mass is 9.96. The zero-order valence-electron chi connectivity index (χ0n) is 10.5. The van der Waals surface area contributed by atoms with Gasteiger partial charge in [-0.2, -0.15) is 5.10 Å². The van der Waals surface area contributed by atoms with Gasteiger partial charge in [0.1, 0.15) is 0 Å². The molecule has 2 rings (SSSR count). The molecule has 0 fully saturated rings. The molecule has 1 heterocycles.